The fourth-order valence-corrected chi connectivity index (χ4v) is 2.20. The molecule has 3 rings (SSSR count). The molecule has 5 heteroatoms. The van der Waals surface area contributed by atoms with Crippen molar-refractivity contribution < 1.29 is 0 Å². The number of rotatable bonds is 3. The van der Waals surface area contributed by atoms with Gasteiger partial charge >= 0.3 is 0 Å². The number of nitrogen functional groups attached to an aromatic ring is 1. The highest BCUT2D eigenvalue weighted by molar-refractivity contribution is 6.30. The molecule has 2 aromatic carbocycles. The van der Waals surface area contributed by atoms with Gasteiger partial charge in [-0.05, 0) is 29.8 Å². The SMILES string of the molecule is NNc1nc2ccccc2nc1Cc1ccc(Cl)cc1. The summed E-state index contributed by atoms with van der Waals surface area (Å²) in [5, 5.41) is 0.718. The van der Waals surface area contributed by atoms with E-state index < -0.39 is 0 Å². The van der Waals surface area contributed by atoms with E-state index in [1.54, 1.807) is 0 Å². The average Bonchev–Trinajstić information content (AvgIpc) is 2.49. The van der Waals surface area contributed by atoms with Gasteiger partial charge in [0.2, 0.25) is 0 Å². The van der Waals surface area contributed by atoms with E-state index in [2.05, 4.69) is 15.4 Å². The van der Waals surface area contributed by atoms with Gasteiger partial charge in [0.05, 0.1) is 16.7 Å². The van der Waals surface area contributed by atoms with E-state index in [1.807, 2.05) is 48.5 Å². The van der Waals surface area contributed by atoms with Crippen molar-refractivity contribution in [3.63, 3.8) is 0 Å². The van der Waals surface area contributed by atoms with E-state index in [4.69, 9.17) is 17.4 Å². The number of hydrazine groups is 1. The van der Waals surface area contributed by atoms with Crippen molar-refractivity contribution in [1.82, 2.24) is 9.97 Å². The Morgan fingerprint density at radius 3 is 2.25 bits per heavy atom. The van der Waals surface area contributed by atoms with Crippen LogP contribution in [0.15, 0.2) is 48.5 Å². The van der Waals surface area contributed by atoms with Crippen LogP contribution in [-0.4, -0.2) is 9.97 Å². The van der Waals surface area contributed by atoms with E-state index in [9.17, 15) is 0 Å². The molecule has 0 aliphatic carbocycles. The molecule has 0 spiro atoms. The lowest BCUT2D eigenvalue weighted by Gasteiger charge is -2.09. The highest BCUT2D eigenvalue weighted by atomic mass is 35.5. The van der Waals surface area contributed by atoms with Crippen molar-refractivity contribution in [2.24, 2.45) is 5.84 Å². The maximum Gasteiger partial charge on any atom is 0.162 e. The molecule has 100 valence electrons. The number of hydrogen-bond donors (Lipinski definition) is 2. The largest absolute Gasteiger partial charge is 0.307 e. The number of benzene rings is 2. The average molecular weight is 285 g/mol. The van der Waals surface area contributed by atoms with Gasteiger partial charge in [-0.2, -0.15) is 0 Å². The van der Waals surface area contributed by atoms with Crippen molar-refractivity contribution in [2.75, 3.05) is 5.43 Å². The Hall–Kier alpha value is -2.17. The first-order valence-electron chi connectivity index (χ1n) is 6.23. The standard InChI is InChI=1S/C15H13ClN4/c16-11-7-5-10(6-8-11)9-14-15(20-17)19-13-4-2-1-3-12(13)18-14/h1-8H,9,17H2,(H,19,20). The predicted octanol–water partition coefficient (Wildman–Crippen LogP) is 3.16. The second kappa shape index (κ2) is 5.45. The minimum absolute atomic E-state index is 0.596. The monoisotopic (exact) mass is 284 g/mol. The summed E-state index contributed by atoms with van der Waals surface area (Å²) in [7, 11) is 0. The zero-order valence-electron chi connectivity index (χ0n) is 10.7. The number of anilines is 1. The van der Waals surface area contributed by atoms with Crippen LogP contribution in [0, 0.1) is 0 Å². The van der Waals surface area contributed by atoms with E-state index in [1.165, 1.54) is 0 Å². The number of aromatic nitrogens is 2. The van der Waals surface area contributed by atoms with Crippen molar-refractivity contribution >= 4 is 28.5 Å². The van der Waals surface area contributed by atoms with Crippen LogP contribution in [0.25, 0.3) is 11.0 Å². The zero-order chi connectivity index (χ0) is 13.9. The molecule has 0 aliphatic heterocycles. The highest BCUT2D eigenvalue weighted by Gasteiger charge is 2.08. The normalized spacial score (nSPS) is 10.7. The van der Waals surface area contributed by atoms with Crippen molar-refractivity contribution in [3.05, 3.63) is 64.8 Å². The molecule has 0 radical (unpaired) electrons. The first-order valence-corrected chi connectivity index (χ1v) is 6.61. The third kappa shape index (κ3) is 2.57. The van der Waals surface area contributed by atoms with Gasteiger partial charge < -0.3 is 5.43 Å². The van der Waals surface area contributed by atoms with Gasteiger partial charge in [0.15, 0.2) is 5.82 Å². The van der Waals surface area contributed by atoms with Crippen LogP contribution in [0.3, 0.4) is 0 Å². The molecule has 0 fully saturated rings. The summed E-state index contributed by atoms with van der Waals surface area (Å²) < 4.78 is 0. The molecule has 0 saturated heterocycles. The fourth-order valence-electron chi connectivity index (χ4n) is 2.07. The Labute approximate surface area is 121 Å². The third-order valence-electron chi connectivity index (χ3n) is 3.06. The zero-order valence-corrected chi connectivity index (χ0v) is 11.4. The summed E-state index contributed by atoms with van der Waals surface area (Å²) in [6.45, 7) is 0. The number of fused-ring (bicyclic) bond motifs is 1. The lowest BCUT2D eigenvalue weighted by atomic mass is 10.1. The van der Waals surface area contributed by atoms with Gasteiger partial charge in [0.1, 0.15) is 0 Å². The summed E-state index contributed by atoms with van der Waals surface area (Å²) in [5.74, 6) is 6.14. The van der Waals surface area contributed by atoms with Crippen LogP contribution < -0.4 is 11.3 Å². The topological polar surface area (TPSA) is 63.8 Å². The molecule has 0 bridgehead atoms. The Morgan fingerprint density at radius 1 is 0.950 bits per heavy atom. The third-order valence-corrected chi connectivity index (χ3v) is 3.32. The first kappa shape index (κ1) is 12.8. The van der Waals surface area contributed by atoms with Crippen LogP contribution in [0.1, 0.15) is 11.3 Å². The summed E-state index contributed by atoms with van der Waals surface area (Å²) in [4.78, 5) is 9.11. The van der Waals surface area contributed by atoms with E-state index in [0.717, 1.165) is 27.3 Å². The number of nitrogens with zero attached hydrogens (tertiary/aromatic N) is 2. The van der Waals surface area contributed by atoms with Gasteiger partial charge in [-0.25, -0.2) is 15.8 Å². The van der Waals surface area contributed by atoms with Gasteiger partial charge in [0.25, 0.3) is 0 Å². The second-order valence-electron chi connectivity index (χ2n) is 4.46. The molecular formula is C15H13ClN4. The molecule has 3 aromatic rings. The Kier molecular flexibility index (Phi) is 3.50. The van der Waals surface area contributed by atoms with Gasteiger partial charge in [-0.1, -0.05) is 35.9 Å². The molecule has 0 atom stereocenters. The minimum atomic E-state index is 0.596. The van der Waals surface area contributed by atoms with Gasteiger partial charge in [-0.3, -0.25) is 0 Å². The number of hydrogen-bond acceptors (Lipinski definition) is 4. The fraction of sp³-hybridized carbons (Fsp3) is 0.0667. The lowest BCUT2D eigenvalue weighted by Crippen LogP contribution is -2.13. The molecule has 0 unspecified atom stereocenters. The van der Waals surface area contributed by atoms with Crippen molar-refractivity contribution in [1.29, 1.82) is 0 Å². The van der Waals surface area contributed by atoms with Crippen molar-refractivity contribution in [3.8, 4) is 0 Å². The number of para-hydroxylation sites is 2. The molecule has 0 saturated carbocycles. The minimum Gasteiger partial charge on any atom is -0.307 e. The number of nitrogens with two attached hydrogens (primary N) is 1. The summed E-state index contributed by atoms with van der Waals surface area (Å²) in [5.41, 5.74) is 6.22. The Morgan fingerprint density at radius 2 is 1.60 bits per heavy atom. The Bertz CT molecular complexity index is 740. The summed E-state index contributed by atoms with van der Waals surface area (Å²) in [6, 6.07) is 15.4. The molecule has 1 aromatic heterocycles. The highest BCUT2D eigenvalue weighted by Crippen LogP contribution is 2.20. The number of halogens is 1. The first-order chi connectivity index (χ1) is 9.76. The predicted molar refractivity (Wildman–Crippen MR) is 81.6 cm³/mol. The maximum atomic E-state index is 5.89. The molecule has 0 amide bonds. The van der Waals surface area contributed by atoms with Gasteiger partial charge in [0, 0.05) is 11.4 Å². The Balaban J connectivity index is 2.03. The molecule has 1 heterocycles. The molecule has 3 N–H and O–H groups in total. The van der Waals surface area contributed by atoms with Crippen LogP contribution in [-0.2, 0) is 6.42 Å². The van der Waals surface area contributed by atoms with Crippen LogP contribution in [0.4, 0.5) is 5.82 Å². The van der Waals surface area contributed by atoms with Crippen LogP contribution >= 0.6 is 11.6 Å². The summed E-state index contributed by atoms with van der Waals surface area (Å²) >= 11 is 5.89. The van der Waals surface area contributed by atoms with Crippen molar-refractivity contribution in [2.45, 2.75) is 6.42 Å². The van der Waals surface area contributed by atoms with E-state index >= 15 is 0 Å². The van der Waals surface area contributed by atoms with E-state index in [-0.39, 0.29) is 0 Å². The lowest BCUT2D eigenvalue weighted by molar-refractivity contribution is 1.06. The summed E-state index contributed by atoms with van der Waals surface area (Å²) in [6.07, 6.45) is 0.647. The molecular weight excluding hydrogens is 272 g/mol. The number of nitrogens with one attached hydrogen (secondary N) is 1. The van der Waals surface area contributed by atoms with Crippen LogP contribution in [0.5, 0.6) is 0 Å². The van der Waals surface area contributed by atoms with E-state index in [0.29, 0.717) is 12.2 Å². The quantitative estimate of drug-likeness (QED) is 0.573. The smallest absolute Gasteiger partial charge is 0.162 e. The maximum absolute atomic E-state index is 5.89. The van der Waals surface area contributed by atoms with Gasteiger partial charge in [-0.15, -0.1) is 0 Å². The van der Waals surface area contributed by atoms with Crippen LogP contribution in [0.2, 0.25) is 5.02 Å². The second-order valence-corrected chi connectivity index (χ2v) is 4.89. The molecule has 20 heavy (non-hydrogen) atoms. The molecule has 0 aliphatic rings. The molecule has 4 nitrogen and oxygen atoms in total.